The van der Waals surface area contributed by atoms with Crippen LogP contribution in [0.4, 0.5) is 0 Å². The fourth-order valence-electron chi connectivity index (χ4n) is 4.33. The molecule has 1 aromatic rings. The number of methoxy groups -OCH3 is 2. The zero-order valence-corrected chi connectivity index (χ0v) is 12.8. The molecule has 4 rings (SSSR count). The van der Waals surface area contributed by atoms with Gasteiger partial charge in [0.25, 0.3) is 0 Å². The maximum absolute atomic E-state index is 6.14. The summed E-state index contributed by atoms with van der Waals surface area (Å²) < 4.78 is 17.1. The molecular formula is C17H23NO3. The minimum Gasteiger partial charge on any atom is -0.493 e. The molecule has 0 aromatic heterocycles. The fourth-order valence-corrected chi connectivity index (χ4v) is 4.33. The number of hydrogen-bond donors (Lipinski definition) is 0. The Bertz CT molecular complexity index is 545. The van der Waals surface area contributed by atoms with Gasteiger partial charge in [-0.3, -0.25) is 4.90 Å². The molecule has 0 amide bonds. The number of nitrogens with zero attached hydrogens (tertiary/aromatic N) is 1. The maximum Gasteiger partial charge on any atom is 0.161 e. The SMILES string of the molecule is COc1cc2c(cc1OC)C1COC3CCCC3N1CC2. The fraction of sp³-hybridized carbons (Fsp3) is 0.647. The van der Waals surface area contributed by atoms with Gasteiger partial charge in [-0.15, -0.1) is 0 Å². The molecule has 2 aliphatic heterocycles. The molecule has 0 radical (unpaired) electrons. The van der Waals surface area contributed by atoms with Crippen LogP contribution in [0.2, 0.25) is 0 Å². The lowest BCUT2D eigenvalue weighted by atomic mass is 9.89. The molecule has 2 heterocycles. The summed E-state index contributed by atoms with van der Waals surface area (Å²) in [7, 11) is 3.40. The van der Waals surface area contributed by atoms with Crippen LogP contribution in [0.5, 0.6) is 11.5 Å². The zero-order chi connectivity index (χ0) is 14.4. The quantitative estimate of drug-likeness (QED) is 0.837. The van der Waals surface area contributed by atoms with Crippen molar-refractivity contribution in [3.63, 3.8) is 0 Å². The van der Waals surface area contributed by atoms with E-state index in [1.165, 1.54) is 30.4 Å². The van der Waals surface area contributed by atoms with Gasteiger partial charge < -0.3 is 14.2 Å². The summed E-state index contributed by atoms with van der Waals surface area (Å²) in [6.45, 7) is 1.95. The van der Waals surface area contributed by atoms with Crippen molar-refractivity contribution in [1.29, 1.82) is 0 Å². The highest BCUT2D eigenvalue weighted by Crippen LogP contribution is 2.44. The average molecular weight is 289 g/mol. The molecule has 3 aliphatic rings. The van der Waals surface area contributed by atoms with Gasteiger partial charge in [-0.2, -0.15) is 0 Å². The minimum atomic E-state index is 0.382. The van der Waals surface area contributed by atoms with E-state index in [4.69, 9.17) is 14.2 Å². The van der Waals surface area contributed by atoms with E-state index in [2.05, 4.69) is 17.0 Å². The summed E-state index contributed by atoms with van der Waals surface area (Å²) >= 11 is 0. The first-order valence-corrected chi connectivity index (χ1v) is 7.94. The number of rotatable bonds is 2. The molecule has 0 N–H and O–H groups in total. The molecular weight excluding hydrogens is 266 g/mol. The lowest BCUT2D eigenvalue weighted by Gasteiger charge is -2.47. The van der Waals surface area contributed by atoms with Gasteiger partial charge in [0, 0.05) is 12.6 Å². The smallest absolute Gasteiger partial charge is 0.161 e. The Morgan fingerprint density at radius 2 is 1.95 bits per heavy atom. The molecule has 1 saturated heterocycles. The second-order valence-corrected chi connectivity index (χ2v) is 6.28. The van der Waals surface area contributed by atoms with E-state index >= 15 is 0 Å². The number of benzene rings is 1. The van der Waals surface area contributed by atoms with E-state index in [9.17, 15) is 0 Å². The molecule has 3 unspecified atom stereocenters. The van der Waals surface area contributed by atoms with Crippen molar-refractivity contribution in [1.82, 2.24) is 4.90 Å². The van der Waals surface area contributed by atoms with Crippen LogP contribution < -0.4 is 9.47 Å². The van der Waals surface area contributed by atoms with Gasteiger partial charge >= 0.3 is 0 Å². The van der Waals surface area contributed by atoms with E-state index in [1.54, 1.807) is 14.2 Å². The highest BCUT2D eigenvalue weighted by molar-refractivity contribution is 5.49. The van der Waals surface area contributed by atoms with Crippen molar-refractivity contribution >= 4 is 0 Å². The van der Waals surface area contributed by atoms with Gasteiger partial charge in [-0.05, 0) is 48.9 Å². The summed E-state index contributed by atoms with van der Waals surface area (Å²) in [5.41, 5.74) is 2.75. The monoisotopic (exact) mass is 289 g/mol. The molecule has 4 nitrogen and oxygen atoms in total. The Labute approximate surface area is 126 Å². The summed E-state index contributed by atoms with van der Waals surface area (Å²) in [5, 5.41) is 0. The predicted octanol–water partition coefficient (Wildman–Crippen LogP) is 2.55. The maximum atomic E-state index is 6.14. The first kappa shape index (κ1) is 13.4. The van der Waals surface area contributed by atoms with E-state index in [0.717, 1.165) is 31.1 Å². The molecule has 1 aromatic carbocycles. The van der Waals surface area contributed by atoms with E-state index in [-0.39, 0.29) is 0 Å². The number of hydrogen-bond acceptors (Lipinski definition) is 4. The summed E-state index contributed by atoms with van der Waals surface area (Å²) in [4.78, 5) is 2.68. The molecule has 0 bridgehead atoms. The second kappa shape index (κ2) is 5.18. The van der Waals surface area contributed by atoms with Crippen molar-refractivity contribution in [3.8, 4) is 11.5 Å². The first-order valence-electron chi connectivity index (χ1n) is 7.94. The summed E-state index contributed by atoms with van der Waals surface area (Å²) in [5.74, 6) is 1.66. The van der Waals surface area contributed by atoms with Crippen molar-refractivity contribution in [2.24, 2.45) is 0 Å². The van der Waals surface area contributed by atoms with Crippen LogP contribution in [0.3, 0.4) is 0 Å². The summed E-state index contributed by atoms with van der Waals surface area (Å²) in [6, 6.07) is 5.30. The van der Waals surface area contributed by atoms with Gasteiger partial charge in [-0.25, -0.2) is 0 Å². The lowest BCUT2D eigenvalue weighted by molar-refractivity contribution is -0.0951. The van der Waals surface area contributed by atoms with Crippen LogP contribution in [0.25, 0.3) is 0 Å². The van der Waals surface area contributed by atoms with E-state index in [1.807, 2.05) is 0 Å². The van der Waals surface area contributed by atoms with Crippen molar-refractivity contribution in [2.75, 3.05) is 27.4 Å². The van der Waals surface area contributed by atoms with Gasteiger partial charge in [0.1, 0.15) is 0 Å². The highest BCUT2D eigenvalue weighted by atomic mass is 16.5. The third-order valence-corrected chi connectivity index (χ3v) is 5.36. The van der Waals surface area contributed by atoms with Crippen LogP contribution in [-0.2, 0) is 11.2 Å². The number of fused-ring (bicyclic) bond motifs is 5. The standard InChI is InChI=1S/C17H23NO3/c1-19-16-8-11-6-7-18-13-4-3-5-15(13)21-10-14(18)12(11)9-17(16)20-2/h8-9,13-15H,3-7,10H2,1-2H3. The van der Waals surface area contributed by atoms with Crippen LogP contribution >= 0.6 is 0 Å². The van der Waals surface area contributed by atoms with Crippen LogP contribution in [-0.4, -0.2) is 44.4 Å². The largest absolute Gasteiger partial charge is 0.493 e. The molecule has 21 heavy (non-hydrogen) atoms. The topological polar surface area (TPSA) is 30.9 Å². The molecule has 3 atom stereocenters. The molecule has 2 fully saturated rings. The van der Waals surface area contributed by atoms with Gasteiger partial charge in [-0.1, -0.05) is 0 Å². The third-order valence-electron chi connectivity index (χ3n) is 5.36. The molecule has 0 spiro atoms. The Balaban J connectivity index is 1.72. The molecule has 1 saturated carbocycles. The Kier molecular flexibility index (Phi) is 3.31. The van der Waals surface area contributed by atoms with Crippen LogP contribution in [0.1, 0.15) is 36.4 Å². The summed E-state index contributed by atoms with van der Waals surface area (Å²) in [6.07, 6.45) is 5.37. The number of morpholine rings is 1. The van der Waals surface area contributed by atoms with E-state index < -0.39 is 0 Å². The molecule has 4 heteroatoms. The van der Waals surface area contributed by atoms with Crippen molar-refractivity contribution in [3.05, 3.63) is 23.3 Å². The zero-order valence-electron chi connectivity index (χ0n) is 12.8. The second-order valence-electron chi connectivity index (χ2n) is 6.28. The highest BCUT2D eigenvalue weighted by Gasteiger charge is 2.43. The van der Waals surface area contributed by atoms with E-state index in [0.29, 0.717) is 18.2 Å². The Hall–Kier alpha value is -1.26. The Morgan fingerprint density at radius 3 is 2.76 bits per heavy atom. The predicted molar refractivity (Wildman–Crippen MR) is 80.1 cm³/mol. The van der Waals surface area contributed by atoms with Crippen LogP contribution in [0, 0.1) is 0 Å². The average Bonchev–Trinajstić information content (AvgIpc) is 3.01. The first-order chi connectivity index (χ1) is 10.3. The third kappa shape index (κ3) is 2.04. The van der Waals surface area contributed by atoms with Gasteiger partial charge in [0.2, 0.25) is 0 Å². The van der Waals surface area contributed by atoms with Gasteiger partial charge in [0.15, 0.2) is 11.5 Å². The minimum absolute atomic E-state index is 0.382. The molecule has 114 valence electrons. The van der Waals surface area contributed by atoms with Crippen LogP contribution in [0.15, 0.2) is 12.1 Å². The lowest BCUT2D eigenvalue weighted by Crippen LogP contribution is -2.52. The molecule has 1 aliphatic carbocycles. The Morgan fingerprint density at radius 1 is 1.14 bits per heavy atom. The van der Waals surface area contributed by atoms with Gasteiger partial charge in [0.05, 0.1) is 33.0 Å². The number of ether oxygens (including phenoxy) is 3. The van der Waals surface area contributed by atoms with Crippen molar-refractivity contribution < 1.29 is 14.2 Å². The normalized spacial score (nSPS) is 31.2. The van der Waals surface area contributed by atoms with Crippen molar-refractivity contribution in [2.45, 2.75) is 43.9 Å².